The summed E-state index contributed by atoms with van der Waals surface area (Å²) in [6.45, 7) is 1.45. The summed E-state index contributed by atoms with van der Waals surface area (Å²) in [5.74, 6) is -12.4. The van der Waals surface area contributed by atoms with Crippen molar-refractivity contribution in [1.29, 1.82) is 0 Å². The lowest BCUT2D eigenvalue weighted by Gasteiger charge is -2.08. The number of nitrogens with one attached hydrogen (secondary N) is 2. The molecule has 1 aromatic carbocycles. The molecule has 0 aliphatic carbocycles. The van der Waals surface area contributed by atoms with Crippen molar-refractivity contribution in [2.45, 2.75) is 6.92 Å². The molecule has 2 rings (SSSR count). The van der Waals surface area contributed by atoms with Gasteiger partial charge in [-0.1, -0.05) is 0 Å². The Morgan fingerprint density at radius 2 is 1.50 bits per heavy atom. The lowest BCUT2D eigenvalue weighted by Crippen LogP contribution is -2.18. The topological polar surface area (TPSA) is 70.7 Å². The number of aromatic nitrogens is 3. The number of carbonyl (C=O) groups is 1. The summed E-state index contributed by atoms with van der Waals surface area (Å²) in [6.07, 6.45) is 0. The van der Waals surface area contributed by atoms with E-state index in [-0.39, 0.29) is 5.82 Å². The summed E-state index contributed by atoms with van der Waals surface area (Å²) in [5, 5.41) is 7.19. The fourth-order valence-electron chi connectivity index (χ4n) is 1.33. The number of benzene rings is 1. The molecule has 5 nitrogen and oxygen atoms in total. The van der Waals surface area contributed by atoms with Gasteiger partial charge in [-0.05, 0) is 6.92 Å². The molecule has 1 aromatic heterocycles. The van der Waals surface area contributed by atoms with Crippen LogP contribution in [0, 0.1) is 36.0 Å². The molecule has 1 amide bonds. The van der Waals surface area contributed by atoms with Gasteiger partial charge in [0.25, 0.3) is 5.91 Å². The first-order chi connectivity index (χ1) is 9.32. The third kappa shape index (κ3) is 2.19. The molecule has 0 aliphatic rings. The van der Waals surface area contributed by atoms with Crippen LogP contribution in [0.15, 0.2) is 0 Å². The minimum Gasteiger partial charge on any atom is -0.314 e. The van der Waals surface area contributed by atoms with Crippen molar-refractivity contribution in [1.82, 2.24) is 15.2 Å². The summed E-state index contributed by atoms with van der Waals surface area (Å²) in [5.41, 5.74) is -1.46. The van der Waals surface area contributed by atoms with Crippen LogP contribution < -0.4 is 5.32 Å². The Morgan fingerprint density at radius 3 is 1.95 bits per heavy atom. The van der Waals surface area contributed by atoms with E-state index in [1.165, 1.54) is 12.2 Å². The molecule has 2 aromatic rings. The molecule has 1 heterocycles. The molecule has 106 valence electrons. The van der Waals surface area contributed by atoms with Crippen LogP contribution >= 0.6 is 0 Å². The van der Waals surface area contributed by atoms with E-state index in [1.807, 2.05) is 0 Å². The minimum absolute atomic E-state index is 0.229. The van der Waals surface area contributed by atoms with Crippen LogP contribution in [0.2, 0.25) is 0 Å². The third-order valence-corrected chi connectivity index (χ3v) is 2.25. The number of anilines is 1. The Bertz CT molecular complexity index is 670. The first-order valence-electron chi connectivity index (χ1n) is 5.04. The number of carbonyl (C=O) groups excluding carboxylic acids is 1. The van der Waals surface area contributed by atoms with Gasteiger partial charge in [-0.15, -0.1) is 5.10 Å². The maximum atomic E-state index is 13.3. The molecule has 0 saturated heterocycles. The minimum atomic E-state index is -2.31. The summed E-state index contributed by atoms with van der Waals surface area (Å²) in [4.78, 5) is 15.1. The Kier molecular flexibility index (Phi) is 3.38. The molecule has 0 atom stereocenters. The molecular formula is C10H5F5N4O. The highest BCUT2D eigenvalue weighted by molar-refractivity contribution is 6.01. The Morgan fingerprint density at radius 1 is 1.00 bits per heavy atom. The number of amides is 1. The SMILES string of the molecule is Cc1nc(C(=O)Nc2c(F)c(F)c(F)c(F)c2F)n[nH]1. The first kappa shape index (κ1) is 13.9. The number of hydrogen-bond acceptors (Lipinski definition) is 3. The number of aromatic amines is 1. The summed E-state index contributed by atoms with van der Waals surface area (Å²) in [6, 6.07) is 0. The second-order valence-electron chi connectivity index (χ2n) is 3.64. The largest absolute Gasteiger partial charge is 0.314 e. The van der Waals surface area contributed by atoms with Crippen molar-refractivity contribution in [3.8, 4) is 0 Å². The van der Waals surface area contributed by atoms with Crippen LogP contribution in [0.5, 0.6) is 0 Å². The molecule has 0 spiro atoms. The van der Waals surface area contributed by atoms with Crippen molar-refractivity contribution < 1.29 is 26.7 Å². The molecule has 0 unspecified atom stereocenters. The van der Waals surface area contributed by atoms with Gasteiger partial charge in [0.05, 0.1) is 0 Å². The fourth-order valence-corrected chi connectivity index (χ4v) is 1.33. The summed E-state index contributed by atoms with van der Waals surface area (Å²) < 4.78 is 65.2. The lowest BCUT2D eigenvalue weighted by atomic mass is 10.2. The predicted molar refractivity (Wildman–Crippen MR) is 55.3 cm³/mol. The van der Waals surface area contributed by atoms with E-state index in [0.29, 0.717) is 0 Å². The quantitative estimate of drug-likeness (QED) is 0.505. The highest BCUT2D eigenvalue weighted by atomic mass is 19.2. The maximum absolute atomic E-state index is 13.3. The smallest absolute Gasteiger partial charge is 0.295 e. The molecule has 0 fully saturated rings. The van der Waals surface area contributed by atoms with Gasteiger partial charge in [0.1, 0.15) is 11.5 Å². The van der Waals surface area contributed by atoms with Gasteiger partial charge in [0, 0.05) is 0 Å². The van der Waals surface area contributed by atoms with E-state index in [2.05, 4.69) is 15.2 Å². The van der Waals surface area contributed by atoms with E-state index in [1.54, 1.807) is 0 Å². The van der Waals surface area contributed by atoms with Crippen LogP contribution in [-0.4, -0.2) is 21.1 Å². The monoisotopic (exact) mass is 292 g/mol. The van der Waals surface area contributed by atoms with E-state index >= 15 is 0 Å². The normalized spacial score (nSPS) is 10.7. The van der Waals surface area contributed by atoms with Crippen LogP contribution in [0.1, 0.15) is 16.4 Å². The van der Waals surface area contributed by atoms with Crippen molar-refractivity contribution >= 4 is 11.6 Å². The molecule has 10 heteroatoms. The molecular weight excluding hydrogens is 287 g/mol. The van der Waals surface area contributed by atoms with Gasteiger partial charge < -0.3 is 5.32 Å². The molecule has 0 radical (unpaired) electrons. The van der Waals surface area contributed by atoms with E-state index in [0.717, 1.165) is 0 Å². The number of rotatable bonds is 2. The highest BCUT2D eigenvalue weighted by Gasteiger charge is 2.27. The van der Waals surface area contributed by atoms with Crippen molar-refractivity contribution in [3.63, 3.8) is 0 Å². The second kappa shape index (κ2) is 4.87. The van der Waals surface area contributed by atoms with Gasteiger partial charge in [-0.25, -0.2) is 26.9 Å². The maximum Gasteiger partial charge on any atom is 0.295 e. The number of nitrogens with zero attached hydrogens (tertiary/aromatic N) is 2. The van der Waals surface area contributed by atoms with E-state index < -0.39 is 46.5 Å². The third-order valence-electron chi connectivity index (χ3n) is 2.25. The lowest BCUT2D eigenvalue weighted by molar-refractivity contribution is 0.101. The molecule has 0 bridgehead atoms. The van der Waals surface area contributed by atoms with Crippen molar-refractivity contribution in [2.75, 3.05) is 5.32 Å². The molecule has 20 heavy (non-hydrogen) atoms. The second-order valence-corrected chi connectivity index (χ2v) is 3.64. The van der Waals surface area contributed by atoms with Crippen LogP contribution in [0.3, 0.4) is 0 Å². The van der Waals surface area contributed by atoms with Gasteiger partial charge in [-0.3, -0.25) is 9.89 Å². The Hall–Kier alpha value is -2.52. The van der Waals surface area contributed by atoms with Crippen LogP contribution in [0.4, 0.5) is 27.6 Å². The highest BCUT2D eigenvalue weighted by Crippen LogP contribution is 2.27. The average Bonchev–Trinajstić information content (AvgIpc) is 2.85. The number of H-pyrrole nitrogens is 1. The molecule has 0 aliphatic heterocycles. The summed E-state index contributed by atoms with van der Waals surface area (Å²) in [7, 11) is 0. The zero-order chi connectivity index (χ0) is 15.0. The Balaban J connectivity index is 2.42. The summed E-state index contributed by atoms with van der Waals surface area (Å²) >= 11 is 0. The number of hydrogen-bond donors (Lipinski definition) is 2. The van der Waals surface area contributed by atoms with Gasteiger partial charge >= 0.3 is 0 Å². The Labute approximate surface area is 107 Å². The van der Waals surface area contributed by atoms with E-state index in [9.17, 15) is 26.7 Å². The zero-order valence-corrected chi connectivity index (χ0v) is 9.69. The van der Waals surface area contributed by atoms with Crippen molar-refractivity contribution in [2.24, 2.45) is 0 Å². The zero-order valence-electron chi connectivity index (χ0n) is 9.69. The molecule has 2 N–H and O–H groups in total. The average molecular weight is 292 g/mol. The van der Waals surface area contributed by atoms with Gasteiger partial charge in [0.15, 0.2) is 23.3 Å². The van der Waals surface area contributed by atoms with Crippen LogP contribution in [-0.2, 0) is 0 Å². The predicted octanol–water partition coefficient (Wildman–Crippen LogP) is 2.06. The van der Waals surface area contributed by atoms with Crippen LogP contribution in [0.25, 0.3) is 0 Å². The number of aryl methyl sites for hydroxylation is 1. The molecule has 0 saturated carbocycles. The van der Waals surface area contributed by atoms with Crippen molar-refractivity contribution in [3.05, 3.63) is 40.7 Å². The first-order valence-corrected chi connectivity index (χ1v) is 5.04. The number of halogens is 5. The van der Waals surface area contributed by atoms with Gasteiger partial charge in [0.2, 0.25) is 11.6 Å². The standard InChI is InChI=1S/C10H5F5N4O/c1-2-16-9(19-18-2)10(20)17-8-6(14)4(12)3(11)5(13)7(8)15/h1H3,(H,17,20)(H,16,18,19). The van der Waals surface area contributed by atoms with E-state index in [4.69, 9.17) is 0 Å². The van der Waals surface area contributed by atoms with Gasteiger partial charge in [-0.2, -0.15) is 0 Å². The fraction of sp³-hybridized carbons (Fsp3) is 0.100.